The first-order valence-electron chi connectivity index (χ1n) is 7.03. The minimum atomic E-state index is -1.58. The van der Waals surface area contributed by atoms with Crippen LogP contribution in [0.4, 0.5) is 24.5 Å². The van der Waals surface area contributed by atoms with Crippen molar-refractivity contribution >= 4 is 23.2 Å². The maximum atomic E-state index is 13.6. The van der Waals surface area contributed by atoms with Crippen LogP contribution in [0, 0.1) is 22.9 Å². The van der Waals surface area contributed by atoms with E-state index in [0.717, 1.165) is 18.2 Å². The van der Waals surface area contributed by atoms with Crippen molar-refractivity contribution in [3.63, 3.8) is 0 Å². The number of carbonyl (C=O) groups excluding carboxylic acids is 2. The molecule has 2 N–H and O–H groups in total. The molecule has 24 heavy (non-hydrogen) atoms. The minimum absolute atomic E-state index is 0.189. The van der Waals surface area contributed by atoms with Crippen molar-refractivity contribution in [1.82, 2.24) is 0 Å². The molecule has 0 aliphatic rings. The monoisotopic (exact) mass is 336 g/mol. The van der Waals surface area contributed by atoms with Gasteiger partial charge in [0.15, 0.2) is 0 Å². The van der Waals surface area contributed by atoms with Crippen molar-refractivity contribution in [2.45, 2.75) is 13.8 Å². The van der Waals surface area contributed by atoms with Crippen LogP contribution in [0.15, 0.2) is 42.5 Å². The van der Waals surface area contributed by atoms with E-state index in [4.69, 9.17) is 0 Å². The summed E-state index contributed by atoms with van der Waals surface area (Å²) in [6.45, 7) is 2.66. The third-order valence-electron chi connectivity index (χ3n) is 3.40. The Balaban J connectivity index is 2.12. The number of benzene rings is 2. The van der Waals surface area contributed by atoms with E-state index in [9.17, 15) is 22.8 Å². The van der Waals surface area contributed by atoms with Crippen molar-refractivity contribution in [1.29, 1.82) is 0 Å². The molecule has 0 saturated carbocycles. The average Bonchev–Trinajstić information content (AvgIpc) is 2.49. The summed E-state index contributed by atoms with van der Waals surface area (Å²) in [6.07, 6.45) is 0. The van der Waals surface area contributed by atoms with Crippen LogP contribution in [0.1, 0.15) is 13.8 Å². The molecule has 2 aromatic rings. The Morgan fingerprint density at radius 3 is 2.12 bits per heavy atom. The lowest BCUT2D eigenvalue weighted by Gasteiger charge is -2.23. The number of rotatable bonds is 4. The van der Waals surface area contributed by atoms with Gasteiger partial charge in [0.1, 0.15) is 22.9 Å². The lowest BCUT2D eigenvalue weighted by Crippen LogP contribution is -2.41. The summed E-state index contributed by atoms with van der Waals surface area (Å²) in [5, 5.41) is 4.66. The molecule has 7 heteroatoms. The highest BCUT2D eigenvalue weighted by molar-refractivity contribution is 6.14. The van der Waals surface area contributed by atoms with Crippen molar-refractivity contribution < 1.29 is 22.8 Å². The number of halogens is 3. The van der Waals surface area contributed by atoms with E-state index in [2.05, 4.69) is 10.6 Å². The number of hydrogen-bond acceptors (Lipinski definition) is 2. The molecule has 0 spiro atoms. The average molecular weight is 336 g/mol. The predicted molar refractivity (Wildman–Crippen MR) is 83.8 cm³/mol. The fraction of sp³-hybridized carbons (Fsp3) is 0.176. The number of carbonyl (C=O) groups is 2. The number of nitrogens with one attached hydrogen (secondary N) is 2. The molecule has 0 bridgehead atoms. The van der Waals surface area contributed by atoms with Crippen LogP contribution in [0.5, 0.6) is 0 Å². The van der Waals surface area contributed by atoms with Gasteiger partial charge >= 0.3 is 0 Å². The zero-order valence-corrected chi connectivity index (χ0v) is 13.0. The van der Waals surface area contributed by atoms with Gasteiger partial charge in [0, 0.05) is 11.8 Å². The molecule has 2 aromatic carbocycles. The van der Waals surface area contributed by atoms with Crippen LogP contribution in [-0.2, 0) is 9.59 Å². The Morgan fingerprint density at radius 2 is 1.50 bits per heavy atom. The molecular weight excluding hydrogens is 321 g/mol. The summed E-state index contributed by atoms with van der Waals surface area (Å²) in [6, 6.07) is 7.86. The fourth-order valence-electron chi connectivity index (χ4n) is 1.83. The van der Waals surface area contributed by atoms with Gasteiger partial charge < -0.3 is 10.6 Å². The van der Waals surface area contributed by atoms with Crippen LogP contribution in [0.25, 0.3) is 0 Å². The SMILES string of the molecule is CC(C)(C(=O)Nc1cccc(F)c1)C(=O)Nc1ccc(F)cc1F. The van der Waals surface area contributed by atoms with Crippen molar-refractivity contribution in [2.24, 2.45) is 5.41 Å². The quantitative estimate of drug-likeness (QED) is 0.836. The lowest BCUT2D eigenvalue weighted by atomic mass is 9.90. The first-order chi connectivity index (χ1) is 11.2. The Kier molecular flexibility index (Phi) is 4.92. The summed E-state index contributed by atoms with van der Waals surface area (Å²) in [5.41, 5.74) is -1.63. The molecule has 0 heterocycles. The fourth-order valence-corrected chi connectivity index (χ4v) is 1.83. The maximum absolute atomic E-state index is 13.6. The third kappa shape index (κ3) is 3.92. The van der Waals surface area contributed by atoms with Gasteiger partial charge in [-0.15, -0.1) is 0 Å². The molecule has 0 aromatic heterocycles. The van der Waals surface area contributed by atoms with E-state index in [1.165, 1.54) is 32.0 Å². The van der Waals surface area contributed by atoms with Crippen LogP contribution in [-0.4, -0.2) is 11.8 Å². The largest absolute Gasteiger partial charge is 0.325 e. The molecule has 0 atom stereocenters. The third-order valence-corrected chi connectivity index (χ3v) is 3.40. The van der Waals surface area contributed by atoms with Gasteiger partial charge in [0.25, 0.3) is 0 Å². The van der Waals surface area contributed by atoms with Crippen molar-refractivity contribution in [3.8, 4) is 0 Å². The first-order valence-corrected chi connectivity index (χ1v) is 7.03. The maximum Gasteiger partial charge on any atom is 0.239 e. The smallest absolute Gasteiger partial charge is 0.239 e. The molecule has 4 nitrogen and oxygen atoms in total. The number of hydrogen-bond donors (Lipinski definition) is 2. The van der Waals surface area contributed by atoms with Crippen LogP contribution in [0.3, 0.4) is 0 Å². The molecule has 0 fully saturated rings. The van der Waals surface area contributed by atoms with E-state index in [1.807, 2.05) is 0 Å². The van der Waals surface area contributed by atoms with Crippen LogP contribution in [0.2, 0.25) is 0 Å². The Morgan fingerprint density at radius 1 is 0.875 bits per heavy atom. The first kappa shape index (κ1) is 17.5. The minimum Gasteiger partial charge on any atom is -0.325 e. The molecule has 0 saturated heterocycles. The highest BCUT2D eigenvalue weighted by Crippen LogP contribution is 2.23. The summed E-state index contributed by atoms with van der Waals surface area (Å²) < 4.78 is 39.6. The van der Waals surface area contributed by atoms with Gasteiger partial charge in [-0.1, -0.05) is 6.07 Å². The van der Waals surface area contributed by atoms with E-state index in [-0.39, 0.29) is 11.4 Å². The molecule has 0 unspecified atom stereocenters. The standard InChI is InChI=1S/C17H15F3N2O2/c1-17(2,15(23)21-12-5-3-4-10(18)8-12)16(24)22-14-7-6-11(19)9-13(14)20/h3-9H,1-2H3,(H,21,23)(H,22,24). The normalized spacial score (nSPS) is 11.0. The lowest BCUT2D eigenvalue weighted by molar-refractivity contribution is -0.135. The molecule has 0 aliphatic carbocycles. The van der Waals surface area contributed by atoms with E-state index in [0.29, 0.717) is 6.07 Å². The van der Waals surface area contributed by atoms with E-state index in [1.54, 1.807) is 0 Å². The molecule has 2 amide bonds. The van der Waals surface area contributed by atoms with Gasteiger partial charge in [-0.2, -0.15) is 0 Å². The zero-order valence-electron chi connectivity index (χ0n) is 13.0. The highest BCUT2D eigenvalue weighted by atomic mass is 19.1. The topological polar surface area (TPSA) is 58.2 Å². The van der Waals surface area contributed by atoms with E-state index >= 15 is 0 Å². The van der Waals surface area contributed by atoms with Gasteiger partial charge in [0.2, 0.25) is 11.8 Å². The van der Waals surface area contributed by atoms with Crippen LogP contribution >= 0.6 is 0 Å². The molecule has 126 valence electrons. The molecule has 2 rings (SSSR count). The Bertz CT molecular complexity index is 791. The Labute approximate surface area is 136 Å². The Hall–Kier alpha value is -2.83. The number of amides is 2. The van der Waals surface area contributed by atoms with Gasteiger partial charge in [0.05, 0.1) is 5.69 Å². The van der Waals surface area contributed by atoms with Gasteiger partial charge in [-0.25, -0.2) is 13.2 Å². The highest BCUT2D eigenvalue weighted by Gasteiger charge is 2.36. The number of anilines is 2. The van der Waals surface area contributed by atoms with Gasteiger partial charge in [-0.3, -0.25) is 9.59 Å². The second kappa shape index (κ2) is 6.74. The van der Waals surface area contributed by atoms with Crippen LogP contribution < -0.4 is 10.6 Å². The summed E-state index contributed by atoms with van der Waals surface area (Å²) in [4.78, 5) is 24.5. The zero-order chi connectivity index (χ0) is 17.9. The van der Waals surface area contributed by atoms with E-state index < -0.39 is 34.7 Å². The second-order valence-electron chi connectivity index (χ2n) is 5.67. The van der Waals surface area contributed by atoms with Crippen molar-refractivity contribution in [3.05, 3.63) is 59.9 Å². The van der Waals surface area contributed by atoms with Crippen molar-refractivity contribution in [2.75, 3.05) is 10.6 Å². The second-order valence-corrected chi connectivity index (χ2v) is 5.67. The molecular formula is C17H15F3N2O2. The van der Waals surface area contributed by atoms with Gasteiger partial charge in [-0.05, 0) is 44.2 Å². The summed E-state index contributed by atoms with van der Waals surface area (Å²) >= 11 is 0. The summed E-state index contributed by atoms with van der Waals surface area (Å²) in [7, 11) is 0. The molecule has 0 radical (unpaired) electrons. The molecule has 0 aliphatic heterocycles. The predicted octanol–water partition coefficient (Wildman–Crippen LogP) is 3.71. The summed E-state index contributed by atoms with van der Waals surface area (Å²) in [5.74, 6) is -3.77.